The lowest BCUT2D eigenvalue weighted by Gasteiger charge is -2.27. The molecule has 2 amide bonds. The van der Waals surface area contributed by atoms with E-state index in [9.17, 15) is 9.59 Å². The highest BCUT2D eigenvalue weighted by atomic mass is 16.2. The zero-order chi connectivity index (χ0) is 24.1. The summed E-state index contributed by atoms with van der Waals surface area (Å²) in [5, 5.41) is 3.06. The van der Waals surface area contributed by atoms with Crippen LogP contribution in [0, 0.1) is 18.8 Å². The first-order valence-corrected chi connectivity index (χ1v) is 11.8. The Kier molecular flexibility index (Phi) is 7.90. The van der Waals surface area contributed by atoms with Crippen molar-refractivity contribution in [3.8, 4) is 0 Å². The zero-order valence-electron chi connectivity index (χ0n) is 20.6. The normalized spacial score (nSPS) is 12.4. The molecule has 6 nitrogen and oxygen atoms in total. The van der Waals surface area contributed by atoms with Crippen molar-refractivity contribution in [3.05, 3.63) is 65.5 Å². The smallest absolute Gasteiger partial charge is 0.251 e. The third-order valence-electron chi connectivity index (χ3n) is 5.52. The Bertz CT molecular complexity index is 1110. The molecule has 6 heteroatoms. The maximum absolute atomic E-state index is 13.4. The monoisotopic (exact) mass is 448 g/mol. The Morgan fingerprint density at radius 3 is 2.27 bits per heavy atom. The second-order valence-electron chi connectivity index (χ2n) is 9.70. The first kappa shape index (κ1) is 24.5. The van der Waals surface area contributed by atoms with Crippen LogP contribution in [0.5, 0.6) is 0 Å². The number of para-hydroxylation sites is 2. The molecule has 0 aliphatic carbocycles. The molecule has 176 valence electrons. The summed E-state index contributed by atoms with van der Waals surface area (Å²) in [5.41, 5.74) is 3.35. The number of carbonyl (C=O) groups is 2. The SMILES string of the molecule is Cc1cccc(C(=O)NC(C)c2nc3ccccc3n2CC(=O)N(CC(C)C)CC(C)C)c1. The van der Waals surface area contributed by atoms with Crippen LogP contribution in [0.1, 0.15) is 62.4 Å². The molecule has 0 spiro atoms. The van der Waals surface area contributed by atoms with Crippen molar-refractivity contribution in [3.63, 3.8) is 0 Å². The molecule has 0 radical (unpaired) electrons. The molecule has 1 N–H and O–H groups in total. The fourth-order valence-electron chi connectivity index (χ4n) is 4.12. The summed E-state index contributed by atoms with van der Waals surface area (Å²) >= 11 is 0. The van der Waals surface area contributed by atoms with Gasteiger partial charge in [-0.15, -0.1) is 0 Å². The minimum absolute atomic E-state index is 0.0685. The first-order chi connectivity index (χ1) is 15.7. The Labute approximate surface area is 197 Å². The van der Waals surface area contributed by atoms with Crippen molar-refractivity contribution in [2.45, 2.75) is 54.1 Å². The van der Waals surface area contributed by atoms with Crippen LogP contribution in [0.3, 0.4) is 0 Å². The molecule has 33 heavy (non-hydrogen) atoms. The Morgan fingerprint density at radius 1 is 0.970 bits per heavy atom. The highest BCUT2D eigenvalue weighted by Crippen LogP contribution is 2.22. The highest BCUT2D eigenvalue weighted by Gasteiger charge is 2.23. The van der Waals surface area contributed by atoms with E-state index in [1.54, 1.807) is 6.07 Å². The van der Waals surface area contributed by atoms with Gasteiger partial charge in [0.05, 0.1) is 17.1 Å². The molecule has 0 fully saturated rings. The van der Waals surface area contributed by atoms with E-state index in [0.29, 0.717) is 23.2 Å². The van der Waals surface area contributed by atoms with Crippen LogP contribution in [0.2, 0.25) is 0 Å². The predicted molar refractivity (Wildman–Crippen MR) is 133 cm³/mol. The maximum Gasteiger partial charge on any atom is 0.251 e. The van der Waals surface area contributed by atoms with E-state index >= 15 is 0 Å². The van der Waals surface area contributed by atoms with E-state index < -0.39 is 0 Å². The number of aromatic nitrogens is 2. The average molecular weight is 449 g/mol. The summed E-state index contributed by atoms with van der Waals surface area (Å²) in [6, 6.07) is 14.9. The number of rotatable bonds is 9. The second kappa shape index (κ2) is 10.6. The molecule has 3 rings (SSSR count). The minimum Gasteiger partial charge on any atom is -0.342 e. The van der Waals surface area contributed by atoms with Gasteiger partial charge in [-0.2, -0.15) is 0 Å². The van der Waals surface area contributed by atoms with E-state index in [1.165, 1.54) is 0 Å². The zero-order valence-corrected chi connectivity index (χ0v) is 20.6. The third-order valence-corrected chi connectivity index (χ3v) is 5.52. The van der Waals surface area contributed by atoms with Gasteiger partial charge in [0.25, 0.3) is 5.91 Å². The molecule has 0 saturated carbocycles. The number of carbonyl (C=O) groups excluding carboxylic acids is 2. The predicted octanol–water partition coefficient (Wildman–Crippen LogP) is 4.98. The average Bonchev–Trinajstić information content (AvgIpc) is 3.11. The molecule has 1 heterocycles. The van der Waals surface area contributed by atoms with Crippen LogP contribution in [0.4, 0.5) is 0 Å². The van der Waals surface area contributed by atoms with Crippen molar-refractivity contribution in [2.24, 2.45) is 11.8 Å². The standard InChI is InChI=1S/C27H36N4O2/c1-18(2)15-30(16-19(3)4)25(32)17-31-24-13-8-7-12-23(24)29-26(31)21(6)28-27(33)22-11-9-10-20(5)14-22/h7-14,18-19,21H,15-17H2,1-6H3,(H,28,33). The first-order valence-electron chi connectivity index (χ1n) is 11.8. The van der Waals surface area contributed by atoms with Crippen LogP contribution >= 0.6 is 0 Å². The fourth-order valence-corrected chi connectivity index (χ4v) is 4.12. The van der Waals surface area contributed by atoms with Gasteiger partial charge in [-0.25, -0.2) is 4.98 Å². The van der Waals surface area contributed by atoms with Crippen molar-refractivity contribution in [2.75, 3.05) is 13.1 Å². The van der Waals surface area contributed by atoms with Crippen molar-refractivity contribution < 1.29 is 9.59 Å². The molecule has 0 saturated heterocycles. The lowest BCUT2D eigenvalue weighted by molar-refractivity contribution is -0.132. The third kappa shape index (κ3) is 6.21. The van der Waals surface area contributed by atoms with Gasteiger partial charge in [0, 0.05) is 18.7 Å². The number of hydrogen-bond acceptors (Lipinski definition) is 3. The molecule has 0 aliphatic heterocycles. The number of nitrogens with zero attached hydrogens (tertiary/aromatic N) is 3. The van der Waals surface area contributed by atoms with Gasteiger partial charge in [-0.05, 0) is 49.9 Å². The maximum atomic E-state index is 13.4. The van der Waals surface area contributed by atoms with Gasteiger partial charge >= 0.3 is 0 Å². The summed E-state index contributed by atoms with van der Waals surface area (Å²) in [7, 11) is 0. The van der Waals surface area contributed by atoms with E-state index in [2.05, 4.69) is 33.0 Å². The van der Waals surface area contributed by atoms with Gasteiger partial charge in [-0.1, -0.05) is 57.5 Å². The summed E-state index contributed by atoms with van der Waals surface area (Å²) < 4.78 is 1.95. The highest BCUT2D eigenvalue weighted by molar-refractivity contribution is 5.94. The molecule has 0 bridgehead atoms. The Hall–Kier alpha value is -3.15. The largest absolute Gasteiger partial charge is 0.342 e. The minimum atomic E-state index is -0.359. The van der Waals surface area contributed by atoms with Gasteiger partial charge in [0.15, 0.2) is 0 Å². The fraction of sp³-hybridized carbons (Fsp3) is 0.444. The lowest BCUT2D eigenvalue weighted by atomic mass is 10.1. The molecular formula is C27H36N4O2. The number of hydrogen-bond donors (Lipinski definition) is 1. The van der Waals surface area contributed by atoms with Crippen molar-refractivity contribution in [1.82, 2.24) is 19.8 Å². The Balaban J connectivity index is 1.90. The van der Waals surface area contributed by atoms with Crippen LogP contribution in [-0.4, -0.2) is 39.4 Å². The van der Waals surface area contributed by atoms with E-state index in [-0.39, 0.29) is 24.4 Å². The molecular weight excluding hydrogens is 412 g/mol. The van der Waals surface area contributed by atoms with Crippen LogP contribution in [-0.2, 0) is 11.3 Å². The topological polar surface area (TPSA) is 67.2 Å². The summed E-state index contributed by atoms with van der Waals surface area (Å²) in [6.45, 7) is 14.0. The second-order valence-corrected chi connectivity index (χ2v) is 9.70. The van der Waals surface area contributed by atoms with E-state index in [4.69, 9.17) is 4.98 Å². The van der Waals surface area contributed by atoms with Crippen LogP contribution in [0.15, 0.2) is 48.5 Å². The van der Waals surface area contributed by atoms with E-state index in [1.807, 2.05) is 65.8 Å². The van der Waals surface area contributed by atoms with Gasteiger partial charge in [0.1, 0.15) is 12.4 Å². The number of benzene rings is 2. The van der Waals surface area contributed by atoms with Crippen molar-refractivity contribution in [1.29, 1.82) is 0 Å². The van der Waals surface area contributed by atoms with Gasteiger partial charge < -0.3 is 14.8 Å². The van der Waals surface area contributed by atoms with Crippen LogP contribution < -0.4 is 5.32 Å². The van der Waals surface area contributed by atoms with Crippen LogP contribution in [0.25, 0.3) is 11.0 Å². The number of fused-ring (bicyclic) bond motifs is 1. The molecule has 1 unspecified atom stereocenters. The summed E-state index contributed by atoms with van der Waals surface area (Å²) in [6.07, 6.45) is 0. The number of nitrogens with one attached hydrogen (secondary N) is 1. The summed E-state index contributed by atoms with van der Waals surface area (Å²) in [5.74, 6) is 1.37. The Morgan fingerprint density at radius 2 is 1.64 bits per heavy atom. The molecule has 0 aliphatic rings. The lowest BCUT2D eigenvalue weighted by Crippen LogP contribution is -2.39. The van der Waals surface area contributed by atoms with Gasteiger partial charge in [-0.3, -0.25) is 9.59 Å². The van der Waals surface area contributed by atoms with Crippen molar-refractivity contribution >= 4 is 22.8 Å². The van der Waals surface area contributed by atoms with Gasteiger partial charge in [0.2, 0.25) is 5.91 Å². The molecule has 2 aromatic carbocycles. The summed E-state index contributed by atoms with van der Waals surface area (Å²) in [4.78, 5) is 33.0. The molecule has 3 aromatic rings. The van der Waals surface area contributed by atoms with E-state index in [0.717, 1.165) is 29.7 Å². The number of aryl methyl sites for hydroxylation is 1. The number of imidazole rings is 1. The number of amides is 2. The quantitative estimate of drug-likeness (QED) is 0.502. The molecule has 1 atom stereocenters. The molecule has 1 aromatic heterocycles.